The van der Waals surface area contributed by atoms with Gasteiger partial charge in [-0.25, -0.2) is 9.97 Å². The van der Waals surface area contributed by atoms with Gasteiger partial charge in [0.1, 0.15) is 5.82 Å². The zero-order chi connectivity index (χ0) is 14.0. The van der Waals surface area contributed by atoms with Crippen molar-refractivity contribution in [2.24, 2.45) is 7.05 Å². The quantitative estimate of drug-likeness (QED) is 0.863. The van der Waals surface area contributed by atoms with Crippen molar-refractivity contribution in [2.45, 2.75) is 19.8 Å². The maximum atomic E-state index is 12.1. The van der Waals surface area contributed by atoms with E-state index in [2.05, 4.69) is 20.4 Å². The predicted octanol–water partition coefficient (Wildman–Crippen LogP) is 1.17. The molecule has 0 atom stereocenters. The Morgan fingerprint density at radius 3 is 2.79 bits per heavy atom. The van der Waals surface area contributed by atoms with E-state index < -0.39 is 0 Å². The van der Waals surface area contributed by atoms with E-state index in [9.17, 15) is 4.79 Å². The number of hydrogen-bond acceptors (Lipinski definition) is 5. The Morgan fingerprint density at radius 2 is 2.21 bits per heavy atom. The number of nitrogens with zero attached hydrogens (tertiary/aromatic N) is 4. The second-order valence-corrected chi connectivity index (χ2v) is 4.52. The first-order valence-corrected chi connectivity index (χ1v) is 5.90. The Morgan fingerprint density at radius 1 is 1.47 bits per heavy atom. The van der Waals surface area contributed by atoms with Crippen molar-refractivity contribution < 1.29 is 4.79 Å². The number of aromatic nitrogens is 4. The highest BCUT2D eigenvalue weighted by Gasteiger charge is 2.15. The van der Waals surface area contributed by atoms with Gasteiger partial charge in [-0.1, -0.05) is 13.8 Å². The number of carbonyl (C=O) groups is 1. The molecule has 2 aromatic heterocycles. The van der Waals surface area contributed by atoms with Gasteiger partial charge in [-0.2, -0.15) is 5.10 Å². The number of rotatable bonds is 3. The van der Waals surface area contributed by atoms with E-state index in [1.54, 1.807) is 24.0 Å². The van der Waals surface area contributed by atoms with Crippen LogP contribution in [0.5, 0.6) is 0 Å². The van der Waals surface area contributed by atoms with Gasteiger partial charge < -0.3 is 11.1 Å². The Kier molecular flexibility index (Phi) is 3.46. The van der Waals surface area contributed by atoms with Crippen molar-refractivity contribution in [3.8, 4) is 0 Å². The fourth-order valence-corrected chi connectivity index (χ4v) is 1.52. The minimum Gasteiger partial charge on any atom is -0.396 e. The van der Waals surface area contributed by atoms with Crippen molar-refractivity contribution in [1.29, 1.82) is 0 Å². The van der Waals surface area contributed by atoms with E-state index in [0.717, 1.165) is 0 Å². The lowest BCUT2D eigenvalue weighted by atomic mass is 10.2. The number of nitrogens with one attached hydrogen (secondary N) is 1. The van der Waals surface area contributed by atoms with Gasteiger partial charge in [0.2, 0.25) is 0 Å². The Bertz CT molecular complexity index is 604. The van der Waals surface area contributed by atoms with Crippen LogP contribution in [0.4, 0.5) is 11.5 Å². The number of aryl methyl sites for hydroxylation is 1. The van der Waals surface area contributed by atoms with Crippen LogP contribution in [0.3, 0.4) is 0 Å². The molecule has 0 aliphatic heterocycles. The first-order valence-electron chi connectivity index (χ1n) is 5.90. The summed E-state index contributed by atoms with van der Waals surface area (Å²) in [7, 11) is 1.77. The standard InChI is InChI=1S/C12H16N6O/c1-7(2)11-14-6-8(13)10(16-11)12(19)15-9-4-5-18(3)17-9/h4-7H,13H2,1-3H3,(H,15,17,19). The van der Waals surface area contributed by atoms with Gasteiger partial charge in [0.15, 0.2) is 11.5 Å². The molecule has 1 amide bonds. The lowest BCUT2D eigenvalue weighted by molar-refractivity contribution is 0.102. The molecule has 0 unspecified atom stereocenters. The molecule has 0 fully saturated rings. The number of anilines is 2. The molecule has 7 heteroatoms. The van der Waals surface area contributed by atoms with E-state index in [1.165, 1.54) is 6.20 Å². The number of amides is 1. The first-order chi connectivity index (χ1) is 8.97. The Labute approximate surface area is 110 Å². The third kappa shape index (κ3) is 2.87. The molecule has 7 nitrogen and oxygen atoms in total. The van der Waals surface area contributed by atoms with Gasteiger partial charge in [0.25, 0.3) is 5.91 Å². The van der Waals surface area contributed by atoms with Gasteiger partial charge in [0.05, 0.1) is 11.9 Å². The van der Waals surface area contributed by atoms with E-state index in [-0.39, 0.29) is 23.2 Å². The van der Waals surface area contributed by atoms with Gasteiger partial charge in [-0.05, 0) is 0 Å². The van der Waals surface area contributed by atoms with Crippen LogP contribution in [0.1, 0.15) is 36.1 Å². The molecule has 2 heterocycles. The molecular formula is C12H16N6O. The highest BCUT2D eigenvalue weighted by molar-refractivity contribution is 6.05. The highest BCUT2D eigenvalue weighted by Crippen LogP contribution is 2.14. The molecule has 3 N–H and O–H groups in total. The van der Waals surface area contributed by atoms with Crippen molar-refractivity contribution >= 4 is 17.4 Å². The summed E-state index contributed by atoms with van der Waals surface area (Å²) in [6, 6.07) is 1.69. The van der Waals surface area contributed by atoms with Gasteiger partial charge in [0, 0.05) is 25.2 Å². The number of nitrogens with two attached hydrogens (primary N) is 1. The van der Waals surface area contributed by atoms with Crippen LogP contribution in [-0.2, 0) is 7.05 Å². The first kappa shape index (κ1) is 13.0. The molecule has 0 saturated carbocycles. The SMILES string of the molecule is CC(C)c1ncc(N)c(C(=O)Nc2ccn(C)n2)n1. The Balaban J connectivity index is 2.25. The van der Waals surface area contributed by atoms with Crippen LogP contribution in [-0.4, -0.2) is 25.7 Å². The number of hydrogen-bond donors (Lipinski definition) is 2. The monoisotopic (exact) mass is 260 g/mol. The van der Waals surface area contributed by atoms with Crippen molar-refractivity contribution in [3.63, 3.8) is 0 Å². The van der Waals surface area contributed by atoms with Gasteiger partial charge >= 0.3 is 0 Å². The minimum absolute atomic E-state index is 0.127. The third-order valence-corrected chi connectivity index (χ3v) is 2.52. The molecule has 0 aromatic carbocycles. The summed E-state index contributed by atoms with van der Waals surface area (Å²) in [6.45, 7) is 3.90. The van der Waals surface area contributed by atoms with Crippen LogP contribution in [0, 0.1) is 0 Å². The summed E-state index contributed by atoms with van der Waals surface area (Å²) in [4.78, 5) is 20.4. The second-order valence-electron chi connectivity index (χ2n) is 4.52. The van der Waals surface area contributed by atoms with E-state index in [1.807, 2.05) is 13.8 Å². The van der Waals surface area contributed by atoms with Crippen LogP contribution in [0.2, 0.25) is 0 Å². The fraction of sp³-hybridized carbons (Fsp3) is 0.333. The van der Waals surface area contributed by atoms with E-state index in [4.69, 9.17) is 5.73 Å². The number of nitrogen functional groups attached to an aromatic ring is 1. The van der Waals surface area contributed by atoms with Crippen molar-refractivity contribution in [1.82, 2.24) is 19.7 Å². The fourth-order valence-electron chi connectivity index (χ4n) is 1.52. The zero-order valence-electron chi connectivity index (χ0n) is 11.1. The summed E-state index contributed by atoms with van der Waals surface area (Å²) in [5.74, 6) is 0.777. The van der Waals surface area contributed by atoms with Crippen LogP contribution in [0.25, 0.3) is 0 Å². The molecule has 2 rings (SSSR count). The molecule has 2 aromatic rings. The van der Waals surface area contributed by atoms with Crippen LogP contribution < -0.4 is 11.1 Å². The van der Waals surface area contributed by atoms with Crippen molar-refractivity contribution in [2.75, 3.05) is 11.1 Å². The molecule has 0 radical (unpaired) electrons. The maximum Gasteiger partial charge on any atom is 0.277 e. The van der Waals surface area contributed by atoms with Crippen LogP contribution in [0.15, 0.2) is 18.5 Å². The predicted molar refractivity (Wildman–Crippen MR) is 71.7 cm³/mol. The third-order valence-electron chi connectivity index (χ3n) is 2.52. The lowest BCUT2D eigenvalue weighted by Crippen LogP contribution is -2.18. The molecule has 0 bridgehead atoms. The van der Waals surface area contributed by atoms with E-state index in [0.29, 0.717) is 11.6 Å². The van der Waals surface area contributed by atoms with Gasteiger partial charge in [-0.15, -0.1) is 0 Å². The molecule has 0 aliphatic rings. The zero-order valence-corrected chi connectivity index (χ0v) is 11.1. The largest absolute Gasteiger partial charge is 0.396 e. The summed E-state index contributed by atoms with van der Waals surface area (Å²) >= 11 is 0. The number of carbonyl (C=O) groups excluding carboxylic acids is 1. The summed E-state index contributed by atoms with van der Waals surface area (Å²) in [5.41, 5.74) is 6.16. The lowest BCUT2D eigenvalue weighted by Gasteiger charge is -2.08. The van der Waals surface area contributed by atoms with Crippen LogP contribution >= 0.6 is 0 Å². The van der Waals surface area contributed by atoms with Gasteiger partial charge in [-0.3, -0.25) is 9.48 Å². The average Bonchev–Trinajstić information content (AvgIpc) is 2.74. The average molecular weight is 260 g/mol. The second kappa shape index (κ2) is 5.05. The Hall–Kier alpha value is -2.44. The molecule has 19 heavy (non-hydrogen) atoms. The molecule has 0 aliphatic carbocycles. The highest BCUT2D eigenvalue weighted by atomic mass is 16.2. The molecule has 100 valence electrons. The maximum absolute atomic E-state index is 12.1. The molecular weight excluding hydrogens is 244 g/mol. The molecule has 0 spiro atoms. The normalized spacial score (nSPS) is 10.7. The summed E-state index contributed by atoms with van der Waals surface area (Å²) in [5, 5.41) is 6.71. The van der Waals surface area contributed by atoms with E-state index >= 15 is 0 Å². The minimum atomic E-state index is -0.388. The topological polar surface area (TPSA) is 98.7 Å². The summed E-state index contributed by atoms with van der Waals surface area (Å²) < 4.78 is 1.60. The summed E-state index contributed by atoms with van der Waals surface area (Å²) in [6.07, 6.45) is 3.19. The van der Waals surface area contributed by atoms with Crippen molar-refractivity contribution in [3.05, 3.63) is 30.0 Å². The molecule has 0 saturated heterocycles. The smallest absolute Gasteiger partial charge is 0.277 e.